The van der Waals surface area contributed by atoms with Gasteiger partial charge in [0.25, 0.3) is 0 Å². The Hall–Kier alpha value is -8.86. The maximum atomic E-state index is 2.60. The summed E-state index contributed by atoms with van der Waals surface area (Å²) in [5.74, 6) is 0. The van der Waals surface area contributed by atoms with E-state index in [0.717, 1.165) is 34.1 Å². The molecule has 0 saturated heterocycles. The van der Waals surface area contributed by atoms with E-state index in [-0.39, 0.29) is 0 Å². The van der Waals surface area contributed by atoms with Crippen LogP contribution in [0.4, 0.5) is 34.1 Å². The number of aromatic nitrogens is 2. The van der Waals surface area contributed by atoms with Crippen molar-refractivity contribution in [2.24, 2.45) is 0 Å². The third-order valence-corrected chi connectivity index (χ3v) is 14.2. The topological polar surface area (TPSA) is 15.3 Å². The summed E-state index contributed by atoms with van der Waals surface area (Å²) in [5.41, 5.74) is 14.1. The van der Waals surface area contributed by atoms with Gasteiger partial charge in [-0.05, 0) is 100 Å². The zero-order valence-electron chi connectivity index (χ0n) is 35.7. The Balaban J connectivity index is 1.15. The Bertz CT molecular complexity index is 4300. The Kier molecular flexibility index (Phi) is 7.19. The van der Waals surface area contributed by atoms with E-state index in [0.29, 0.717) is 0 Å². The van der Waals surface area contributed by atoms with Crippen molar-refractivity contribution in [2.75, 3.05) is 9.80 Å². The molecule has 306 valence electrons. The Morgan fingerprint density at radius 2 is 0.682 bits per heavy atom. The molecule has 4 heterocycles. The molecule has 0 atom stereocenters. The number of rotatable bonds is 6. The number of hydrogen-bond acceptors (Lipinski definition) is 2. The molecule has 0 N–H and O–H groups in total. The maximum Gasteiger partial charge on any atom is 0.0789 e. The summed E-state index contributed by atoms with van der Waals surface area (Å²) in [6.07, 6.45) is 0. The van der Waals surface area contributed by atoms with Crippen molar-refractivity contribution in [2.45, 2.75) is 0 Å². The van der Waals surface area contributed by atoms with Gasteiger partial charge in [0.15, 0.2) is 0 Å². The largest absolute Gasteiger partial charge is 0.308 e. The molecule has 0 aliphatic heterocycles. The number of fused-ring (bicyclic) bond motifs is 17. The molecule has 0 saturated carbocycles. The molecule has 15 aromatic rings. The second kappa shape index (κ2) is 13.3. The fraction of sp³-hybridized carbons (Fsp3) is 0. The van der Waals surface area contributed by atoms with Crippen molar-refractivity contribution in [1.82, 2.24) is 8.80 Å². The molecule has 0 fully saturated rings. The predicted octanol–water partition coefficient (Wildman–Crippen LogP) is 17.2. The van der Waals surface area contributed by atoms with Crippen molar-refractivity contribution < 1.29 is 0 Å². The quantitative estimate of drug-likeness (QED) is 0.166. The van der Waals surface area contributed by atoms with Crippen LogP contribution in [0.3, 0.4) is 0 Å². The lowest BCUT2D eigenvalue weighted by molar-refractivity contribution is 1.27. The summed E-state index contributed by atoms with van der Waals surface area (Å²) in [4.78, 5) is 4.87. The maximum absolute atomic E-state index is 2.60. The van der Waals surface area contributed by atoms with Crippen LogP contribution in [0.15, 0.2) is 231 Å². The highest BCUT2D eigenvalue weighted by Gasteiger charge is 2.30. The van der Waals surface area contributed by atoms with Crippen LogP contribution in [0, 0.1) is 0 Å². The van der Waals surface area contributed by atoms with Gasteiger partial charge in [-0.15, -0.1) is 0 Å². The fourth-order valence-corrected chi connectivity index (χ4v) is 11.7. The molecule has 0 radical (unpaired) electrons. The second-order valence-corrected chi connectivity index (χ2v) is 17.6. The number of nitrogens with zero attached hydrogens (tertiary/aromatic N) is 4. The van der Waals surface area contributed by atoms with E-state index >= 15 is 0 Å². The molecule has 0 aliphatic rings. The summed E-state index contributed by atoms with van der Waals surface area (Å²) < 4.78 is 5.19. The van der Waals surface area contributed by atoms with Gasteiger partial charge in [-0.1, -0.05) is 152 Å². The van der Waals surface area contributed by atoms with E-state index in [1.165, 1.54) is 97.7 Å². The average Bonchev–Trinajstić information content (AvgIpc) is 4.12. The van der Waals surface area contributed by atoms with E-state index in [1.807, 2.05) is 0 Å². The van der Waals surface area contributed by atoms with Crippen LogP contribution in [-0.2, 0) is 0 Å². The van der Waals surface area contributed by atoms with Crippen molar-refractivity contribution in [3.63, 3.8) is 0 Å². The third-order valence-electron chi connectivity index (χ3n) is 14.2. The van der Waals surface area contributed by atoms with Crippen LogP contribution in [0.5, 0.6) is 0 Å². The van der Waals surface area contributed by atoms with E-state index in [4.69, 9.17) is 0 Å². The number of anilines is 6. The van der Waals surface area contributed by atoms with Gasteiger partial charge in [0, 0.05) is 65.8 Å². The number of para-hydroxylation sites is 6. The molecule has 0 spiro atoms. The molecular formula is C62H38N4. The third kappa shape index (κ3) is 4.66. The van der Waals surface area contributed by atoms with Gasteiger partial charge >= 0.3 is 0 Å². The lowest BCUT2D eigenvalue weighted by atomic mass is 9.97. The van der Waals surface area contributed by atoms with Crippen molar-refractivity contribution in [3.05, 3.63) is 231 Å². The molecule has 11 aromatic carbocycles. The highest BCUT2D eigenvalue weighted by molar-refractivity contribution is 6.41. The van der Waals surface area contributed by atoms with Crippen molar-refractivity contribution in [1.29, 1.82) is 0 Å². The Morgan fingerprint density at radius 3 is 1.29 bits per heavy atom. The first-order valence-electron chi connectivity index (χ1n) is 22.8. The normalized spacial score (nSPS) is 12.2. The molecule has 4 nitrogen and oxygen atoms in total. The van der Waals surface area contributed by atoms with Gasteiger partial charge in [-0.25, -0.2) is 0 Å². The zero-order chi connectivity index (χ0) is 43.0. The molecule has 0 aliphatic carbocycles. The van der Waals surface area contributed by atoms with Crippen molar-refractivity contribution in [3.8, 4) is 0 Å². The van der Waals surface area contributed by atoms with Gasteiger partial charge in [0.2, 0.25) is 0 Å². The van der Waals surface area contributed by atoms with Gasteiger partial charge in [0.05, 0.1) is 44.5 Å². The van der Waals surface area contributed by atoms with E-state index in [1.54, 1.807) is 0 Å². The highest BCUT2D eigenvalue weighted by atomic mass is 15.2. The highest BCUT2D eigenvalue weighted by Crippen LogP contribution is 2.53. The molecule has 66 heavy (non-hydrogen) atoms. The van der Waals surface area contributed by atoms with E-state index in [9.17, 15) is 0 Å². The average molecular weight is 839 g/mol. The summed E-state index contributed by atoms with van der Waals surface area (Å²) >= 11 is 0. The summed E-state index contributed by atoms with van der Waals surface area (Å²) in [6.45, 7) is 0. The van der Waals surface area contributed by atoms with Crippen LogP contribution in [0.25, 0.3) is 97.7 Å². The SMILES string of the molecule is c1ccc(N(c2ccccc2)c2cc3ccccc3c3c4cccc5c6c7c8c9ccccc9cc9c%10cccc(N(c%11ccccc%11)c%11ccccc%11)c%10n(c7ccc6n(c23)c54)c98)cc1. The first-order chi connectivity index (χ1) is 32.8. The van der Waals surface area contributed by atoms with Crippen LogP contribution >= 0.6 is 0 Å². The number of hydrogen-bond donors (Lipinski definition) is 0. The van der Waals surface area contributed by atoms with Gasteiger partial charge in [0.1, 0.15) is 0 Å². The molecule has 15 rings (SSSR count). The minimum atomic E-state index is 1.12. The molecular weight excluding hydrogens is 801 g/mol. The Morgan fingerprint density at radius 1 is 0.242 bits per heavy atom. The van der Waals surface area contributed by atoms with E-state index in [2.05, 4.69) is 249 Å². The van der Waals surface area contributed by atoms with Gasteiger partial charge in [-0.3, -0.25) is 0 Å². The molecule has 0 unspecified atom stereocenters. The number of benzene rings is 11. The van der Waals surface area contributed by atoms with Gasteiger partial charge in [-0.2, -0.15) is 0 Å². The Labute approximate surface area is 379 Å². The predicted molar refractivity (Wildman–Crippen MR) is 280 cm³/mol. The minimum absolute atomic E-state index is 1.12. The van der Waals surface area contributed by atoms with E-state index < -0.39 is 0 Å². The first kappa shape index (κ1) is 35.6. The lowest BCUT2D eigenvalue weighted by Crippen LogP contribution is -2.11. The standard InChI is InChI=1S/C62H38N4/c1-5-21-41(22-6-1)63(42-23-7-2-8-24-42)53-34-18-31-47-50-37-39-19-13-16-30-46(39)57-58-52(66(60(47)53)61(50)57)36-35-51-56(58)49-33-17-32-48-55-45-29-15-14-20-40(45)38-54(62(55)65(51)59(48)49)64(43-25-9-3-10-26-43)44-27-11-4-12-28-44/h1-38H. The molecule has 4 aromatic heterocycles. The van der Waals surface area contributed by atoms with Crippen LogP contribution in [-0.4, -0.2) is 8.80 Å². The molecule has 0 bridgehead atoms. The van der Waals surface area contributed by atoms with Crippen LogP contribution in [0.1, 0.15) is 0 Å². The smallest absolute Gasteiger partial charge is 0.0789 e. The summed E-state index contributed by atoms with van der Waals surface area (Å²) in [6, 6.07) is 84.6. The van der Waals surface area contributed by atoms with Crippen LogP contribution < -0.4 is 9.80 Å². The molecule has 0 amide bonds. The summed E-state index contributed by atoms with van der Waals surface area (Å²) in [5, 5.41) is 15.2. The monoisotopic (exact) mass is 838 g/mol. The minimum Gasteiger partial charge on any atom is -0.308 e. The van der Waals surface area contributed by atoms with Crippen molar-refractivity contribution >= 4 is 132 Å². The summed E-state index contributed by atoms with van der Waals surface area (Å²) in [7, 11) is 0. The zero-order valence-corrected chi connectivity index (χ0v) is 35.7. The molecule has 4 heteroatoms. The second-order valence-electron chi connectivity index (χ2n) is 17.6. The first-order valence-corrected chi connectivity index (χ1v) is 22.8. The fourth-order valence-electron chi connectivity index (χ4n) is 11.7. The van der Waals surface area contributed by atoms with Crippen LogP contribution in [0.2, 0.25) is 0 Å². The van der Waals surface area contributed by atoms with Gasteiger partial charge < -0.3 is 18.6 Å². The lowest BCUT2D eigenvalue weighted by Gasteiger charge is -2.27.